The lowest BCUT2D eigenvalue weighted by Gasteiger charge is -2.39. The Kier molecular flexibility index (Phi) is 4.62. The van der Waals surface area contributed by atoms with Crippen LogP contribution < -0.4 is 4.90 Å². The average Bonchev–Trinajstić information content (AvgIpc) is 2.56. The van der Waals surface area contributed by atoms with E-state index in [4.69, 9.17) is 0 Å². The first-order valence-electron chi connectivity index (χ1n) is 8.02. The molecular weight excluding hydrogens is 310 g/mol. The number of rotatable bonds is 3. The highest BCUT2D eigenvalue weighted by Gasteiger charge is 2.33. The third-order valence-corrected chi connectivity index (χ3v) is 4.51. The molecule has 126 valence electrons. The second kappa shape index (κ2) is 6.69. The van der Waals surface area contributed by atoms with Gasteiger partial charge in [-0.2, -0.15) is 0 Å². The highest BCUT2D eigenvalue weighted by molar-refractivity contribution is 5.97. The molecule has 0 bridgehead atoms. The second-order valence-corrected chi connectivity index (χ2v) is 6.18. The molecule has 24 heavy (non-hydrogen) atoms. The lowest BCUT2D eigenvalue weighted by molar-refractivity contribution is -0.125. The van der Waals surface area contributed by atoms with Crippen LogP contribution in [0.15, 0.2) is 42.5 Å². The van der Waals surface area contributed by atoms with Crippen molar-refractivity contribution in [2.24, 2.45) is 0 Å². The summed E-state index contributed by atoms with van der Waals surface area (Å²) < 4.78 is 27.9. The van der Waals surface area contributed by atoms with Crippen molar-refractivity contribution in [3.05, 3.63) is 65.2 Å². The van der Waals surface area contributed by atoms with Crippen molar-refractivity contribution in [1.82, 2.24) is 4.90 Å². The first-order chi connectivity index (χ1) is 11.5. The minimum Gasteiger partial charge on any atom is -0.307 e. The Balaban J connectivity index is 1.79. The van der Waals surface area contributed by atoms with E-state index in [0.717, 1.165) is 5.56 Å². The fourth-order valence-electron chi connectivity index (χ4n) is 3.04. The molecule has 0 radical (unpaired) electrons. The van der Waals surface area contributed by atoms with Crippen LogP contribution in [-0.2, 0) is 11.3 Å². The minimum absolute atomic E-state index is 0.165. The van der Waals surface area contributed by atoms with E-state index in [1.54, 1.807) is 37.3 Å². The molecule has 1 fully saturated rings. The van der Waals surface area contributed by atoms with Gasteiger partial charge in [0.05, 0.1) is 11.7 Å². The average molecular weight is 330 g/mol. The molecule has 0 aliphatic carbocycles. The molecule has 1 unspecified atom stereocenters. The zero-order valence-electron chi connectivity index (χ0n) is 13.8. The highest BCUT2D eigenvalue weighted by atomic mass is 19.1. The van der Waals surface area contributed by atoms with Crippen LogP contribution in [-0.4, -0.2) is 29.9 Å². The Morgan fingerprint density at radius 2 is 1.83 bits per heavy atom. The summed E-state index contributed by atoms with van der Waals surface area (Å²) in [7, 11) is 0. The van der Waals surface area contributed by atoms with Gasteiger partial charge in [-0.05, 0) is 37.6 Å². The zero-order chi connectivity index (χ0) is 17.3. The van der Waals surface area contributed by atoms with Crippen molar-refractivity contribution >= 4 is 11.6 Å². The molecule has 1 saturated heterocycles. The van der Waals surface area contributed by atoms with Crippen molar-refractivity contribution in [3.63, 3.8) is 0 Å². The Bertz CT molecular complexity index is 763. The standard InChI is InChI=1S/C19H20F2N2O/c1-13-7-8-17(21)18(11-13)23-10-9-22(14(2)19(23)24)12-15-5-3-4-6-16(15)20/h3-8,11,14H,9-10,12H2,1-2H3. The highest BCUT2D eigenvalue weighted by Crippen LogP contribution is 2.25. The summed E-state index contributed by atoms with van der Waals surface area (Å²) in [4.78, 5) is 16.1. The van der Waals surface area contributed by atoms with Crippen LogP contribution in [0.5, 0.6) is 0 Å². The van der Waals surface area contributed by atoms with Crippen molar-refractivity contribution < 1.29 is 13.6 Å². The molecule has 3 rings (SSSR count). The van der Waals surface area contributed by atoms with E-state index in [0.29, 0.717) is 30.9 Å². The van der Waals surface area contributed by atoms with Gasteiger partial charge in [0.2, 0.25) is 5.91 Å². The number of carbonyl (C=O) groups is 1. The van der Waals surface area contributed by atoms with E-state index in [9.17, 15) is 13.6 Å². The monoisotopic (exact) mass is 330 g/mol. The number of anilines is 1. The molecule has 0 saturated carbocycles. The van der Waals surface area contributed by atoms with Crippen LogP contribution in [0, 0.1) is 18.6 Å². The van der Waals surface area contributed by atoms with Gasteiger partial charge in [-0.25, -0.2) is 8.78 Å². The van der Waals surface area contributed by atoms with Crippen LogP contribution in [0.2, 0.25) is 0 Å². The SMILES string of the molecule is Cc1ccc(F)c(N2CCN(Cc3ccccc3F)C(C)C2=O)c1. The Labute approximate surface area is 140 Å². The predicted molar refractivity (Wildman–Crippen MR) is 89.8 cm³/mol. The molecule has 0 N–H and O–H groups in total. The number of carbonyl (C=O) groups excluding carboxylic acids is 1. The molecule has 1 amide bonds. The fraction of sp³-hybridized carbons (Fsp3) is 0.316. The summed E-state index contributed by atoms with van der Waals surface area (Å²) in [6.07, 6.45) is 0. The molecule has 5 heteroatoms. The van der Waals surface area contributed by atoms with Gasteiger partial charge >= 0.3 is 0 Å². The molecule has 1 atom stereocenters. The van der Waals surface area contributed by atoms with Gasteiger partial charge in [0, 0.05) is 25.2 Å². The van der Waals surface area contributed by atoms with Crippen molar-refractivity contribution in [2.45, 2.75) is 26.4 Å². The Morgan fingerprint density at radius 1 is 1.08 bits per heavy atom. The molecule has 2 aromatic rings. The molecule has 0 aromatic heterocycles. The van der Waals surface area contributed by atoms with Crippen LogP contribution in [0.3, 0.4) is 0 Å². The summed E-state index contributed by atoms with van der Waals surface area (Å²) in [6.45, 7) is 4.96. The third kappa shape index (κ3) is 3.17. The number of aryl methyl sites for hydroxylation is 1. The minimum atomic E-state index is -0.432. The maximum absolute atomic E-state index is 14.1. The number of halogens is 2. The van der Waals surface area contributed by atoms with E-state index < -0.39 is 11.9 Å². The maximum Gasteiger partial charge on any atom is 0.244 e. The molecule has 1 aliphatic heterocycles. The zero-order valence-corrected chi connectivity index (χ0v) is 13.8. The largest absolute Gasteiger partial charge is 0.307 e. The number of benzene rings is 2. The molecule has 1 heterocycles. The number of nitrogens with zero attached hydrogens (tertiary/aromatic N) is 2. The van der Waals surface area contributed by atoms with Crippen LogP contribution >= 0.6 is 0 Å². The number of amides is 1. The van der Waals surface area contributed by atoms with Gasteiger partial charge in [0.25, 0.3) is 0 Å². The van der Waals surface area contributed by atoms with Gasteiger partial charge < -0.3 is 4.90 Å². The van der Waals surface area contributed by atoms with Gasteiger partial charge in [-0.15, -0.1) is 0 Å². The van der Waals surface area contributed by atoms with E-state index >= 15 is 0 Å². The third-order valence-electron chi connectivity index (χ3n) is 4.51. The lowest BCUT2D eigenvalue weighted by Crippen LogP contribution is -2.55. The predicted octanol–water partition coefficient (Wildman–Crippen LogP) is 3.51. The summed E-state index contributed by atoms with van der Waals surface area (Å²) in [5, 5.41) is 0. The van der Waals surface area contributed by atoms with Gasteiger partial charge in [0.1, 0.15) is 11.6 Å². The van der Waals surface area contributed by atoms with Gasteiger partial charge in [-0.3, -0.25) is 9.69 Å². The normalized spacial score (nSPS) is 18.9. The smallest absolute Gasteiger partial charge is 0.244 e. The first-order valence-corrected chi connectivity index (χ1v) is 8.02. The quantitative estimate of drug-likeness (QED) is 0.860. The van der Waals surface area contributed by atoms with Gasteiger partial charge in [-0.1, -0.05) is 24.3 Å². The number of piperazine rings is 1. The van der Waals surface area contributed by atoms with Crippen molar-refractivity contribution in [1.29, 1.82) is 0 Å². The number of hydrogen-bond acceptors (Lipinski definition) is 2. The maximum atomic E-state index is 14.1. The Hall–Kier alpha value is -2.27. The van der Waals surface area contributed by atoms with Crippen LogP contribution in [0.4, 0.5) is 14.5 Å². The fourth-order valence-corrected chi connectivity index (χ4v) is 3.04. The molecule has 3 nitrogen and oxygen atoms in total. The lowest BCUT2D eigenvalue weighted by atomic mass is 10.1. The van der Waals surface area contributed by atoms with Crippen LogP contribution in [0.1, 0.15) is 18.1 Å². The summed E-state index contributed by atoms with van der Waals surface area (Å²) >= 11 is 0. The van der Waals surface area contributed by atoms with Crippen molar-refractivity contribution in [2.75, 3.05) is 18.0 Å². The molecule has 0 spiro atoms. The molecule has 1 aliphatic rings. The molecular formula is C19H20F2N2O. The van der Waals surface area contributed by atoms with Gasteiger partial charge in [0.15, 0.2) is 0 Å². The van der Waals surface area contributed by atoms with Crippen LogP contribution in [0.25, 0.3) is 0 Å². The summed E-state index contributed by atoms with van der Waals surface area (Å²) in [5.74, 6) is -0.838. The van der Waals surface area contributed by atoms with E-state index in [2.05, 4.69) is 0 Å². The van der Waals surface area contributed by atoms with E-state index in [1.165, 1.54) is 17.0 Å². The molecule has 2 aromatic carbocycles. The second-order valence-electron chi connectivity index (χ2n) is 6.18. The van der Waals surface area contributed by atoms with E-state index in [-0.39, 0.29) is 11.7 Å². The summed E-state index contributed by atoms with van der Waals surface area (Å²) in [5.41, 5.74) is 1.78. The van der Waals surface area contributed by atoms with Crippen molar-refractivity contribution in [3.8, 4) is 0 Å². The van der Waals surface area contributed by atoms with E-state index in [1.807, 2.05) is 11.8 Å². The number of hydrogen-bond donors (Lipinski definition) is 0. The topological polar surface area (TPSA) is 23.6 Å². The Morgan fingerprint density at radius 3 is 2.58 bits per heavy atom. The first kappa shape index (κ1) is 16.6. The summed E-state index contributed by atoms with van der Waals surface area (Å²) in [6, 6.07) is 10.9.